The molecule has 3 heteroatoms. The highest BCUT2D eigenvalue weighted by Gasteiger charge is 2.05. The van der Waals surface area contributed by atoms with Gasteiger partial charge >= 0.3 is 0 Å². The zero-order chi connectivity index (χ0) is 15.1. The first-order valence-electron chi connectivity index (χ1n) is 6.94. The topological polar surface area (TPSA) is 31.6 Å². The average molecular weight is 284 g/mol. The monoisotopic (exact) mass is 284 g/mol. The molecule has 1 heterocycles. The van der Waals surface area contributed by atoms with Gasteiger partial charge < -0.3 is 13.9 Å². The highest BCUT2D eigenvalue weighted by Crippen LogP contribution is 2.25. The summed E-state index contributed by atoms with van der Waals surface area (Å²) in [7, 11) is 0. The van der Waals surface area contributed by atoms with Crippen molar-refractivity contribution in [2.75, 3.05) is 13.2 Å². The van der Waals surface area contributed by atoms with Crippen molar-refractivity contribution in [2.24, 2.45) is 0 Å². The van der Waals surface area contributed by atoms with Gasteiger partial charge in [-0.2, -0.15) is 0 Å². The van der Waals surface area contributed by atoms with Crippen molar-refractivity contribution >= 4 is 11.0 Å². The number of furan rings is 1. The molecule has 2 rings (SSSR count). The van der Waals surface area contributed by atoms with E-state index in [0.717, 1.165) is 28.1 Å². The van der Waals surface area contributed by atoms with Gasteiger partial charge in [0.2, 0.25) is 0 Å². The van der Waals surface area contributed by atoms with Crippen LogP contribution in [-0.2, 0) is 11.3 Å². The third-order valence-electron chi connectivity index (χ3n) is 2.99. The number of rotatable bonds is 8. The van der Waals surface area contributed by atoms with Crippen LogP contribution in [0, 0.1) is 0 Å². The molecule has 0 saturated heterocycles. The molecular weight excluding hydrogens is 264 g/mol. The second-order valence-electron chi connectivity index (χ2n) is 4.52. The zero-order valence-electron chi connectivity index (χ0n) is 12.3. The van der Waals surface area contributed by atoms with Crippen LogP contribution in [0.15, 0.2) is 65.6 Å². The molecule has 0 spiro atoms. The SMILES string of the molecule is C=C/C=C(\C=C)COc1ccc2oc(COCC)cc2c1. The predicted octanol–water partition coefficient (Wildman–Crippen LogP) is 4.65. The number of hydrogen-bond acceptors (Lipinski definition) is 3. The van der Waals surface area contributed by atoms with E-state index in [-0.39, 0.29) is 0 Å². The van der Waals surface area contributed by atoms with E-state index in [0.29, 0.717) is 19.8 Å². The Labute approximate surface area is 125 Å². The lowest BCUT2D eigenvalue weighted by molar-refractivity contribution is 0.119. The van der Waals surface area contributed by atoms with Crippen LogP contribution in [0.25, 0.3) is 11.0 Å². The highest BCUT2D eigenvalue weighted by atomic mass is 16.5. The first-order valence-corrected chi connectivity index (χ1v) is 6.94. The summed E-state index contributed by atoms with van der Waals surface area (Å²) in [5, 5.41) is 1.01. The lowest BCUT2D eigenvalue weighted by Gasteiger charge is -2.06. The molecule has 0 N–H and O–H groups in total. The standard InChI is InChI=1S/C18H20O3/c1-4-7-14(5-2)12-20-16-8-9-18-15(10-16)11-17(21-18)13-19-6-3/h4-5,7-11H,1-2,6,12-13H2,3H3/b14-7+. The fraction of sp³-hybridized carbons (Fsp3) is 0.222. The Kier molecular flexibility index (Phi) is 5.41. The second-order valence-corrected chi connectivity index (χ2v) is 4.52. The Morgan fingerprint density at radius 2 is 2.14 bits per heavy atom. The molecule has 2 aromatic rings. The molecule has 0 radical (unpaired) electrons. The van der Waals surface area contributed by atoms with E-state index in [1.807, 2.05) is 37.3 Å². The number of benzene rings is 1. The van der Waals surface area contributed by atoms with Gasteiger partial charge in [-0.1, -0.05) is 31.4 Å². The minimum Gasteiger partial charge on any atom is -0.489 e. The second kappa shape index (κ2) is 7.50. The van der Waals surface area contributed by atoms with Crippen LogP contribution in [0.1, 0.15) is 12.7 Å². The van der Waals surface area contributed by atoms with Crippen molar-refractivity contribution in [1.82, 2.24) is 0 Å². The zero-order valence-corrected chi connectivity index (χ0v) is 12.3. The van der Waals surface area contributed by atoms with Gasteiger partial charge in [-0.3, -0.25) is 0 Å². The molecule has 0 unspecified atom stereocenters. The number of allylic oxidation sites excluding steroid dienone is 2. The Bertz CT molecular complexity index is 650. The molecule has 0 bridgehead atoms. The third kappa shape index (κ3) is 4.10. The summed E-state index contributed by atoms with van der Waals surface area (Å²) in [5.41, 5.74) is 1.82. The minimum atomic E-state index is 0.463. The van der Waals surface area contributed by atoms with Gasteiger partial charge in [0.15, 0.2) is 0 Å². The first-order chi connectivity index (χ1) is 10.3. The van der Waals surface area contributed by atoms with E-state index in [2.05, 4.69) is 13.2 Å². The smallest absolute Gasteiger partial charge is 0.134 e. The van der Waals surface area contributed by atoms with Crippen molar-refractivity contribution in [3.05, 3.63) is 67.0 Å². The van der Waals surface area contributed by atoms with Crippen molar-refractivity contribution in [3.63, 3.8) is 0 Å². The van der Waals surface area contributed by atoms with Crippen LogP contribution in [0.4, 0.5) is 0 Å². The first kappa shape index (κ1) is 15.1. The largest absolute Gasteiger partial charge is 0.489 e. The van der Waals surface area contributed by atoms with Gasteiger partial charge in [-0.05, 0) is 36.8 Å². The van der Waals surface area contributed by atoms with Crippen LogP contribution in [0.2, 0.25) is 0 Å². The molecule has 0 aliphatic carbocycles. The summed E-state index contributed by atoms with van der Waals surface area (Å²) in [6, 6.07) is 7.74. The van der Waals surface area contributed by atoms with E-state index in [4.69, 9.17) is 13.9 Å². The molecule has 0 aliphatic rings. The number of hydrogen-bond donors (Lipinski definition) is 0. The summed E-state index contributed by atoms with van der Waals surface area (Å²) >= 11 is 0. The van der Waals surface area contributed by atoms with Crippen molar-refractivity contribution in [1.29, 1.82) is 0 Å². The summed E-state index contributed by atoms with van der Waals surface area (Å²) in [4.78, 5) is 0. The van der Waals surface area contributed by atoms with E-state index in [1.165, 1.54) is 0 Å². The van der Waals surface area contributed by atoms with Gasteiger partial charge in [-0.25, -0.2) is 0 Å². The van der Waals surface area contributed by atoms with Crippen LogP contribution < -0.4 is 4.74 Å². The lowest BCUT2D eigenvalue weighted by atomic mass is 10.2. The molecule has 0 saturated carbocycles. The molecule has 1 aromatic carbocycles. The Morgan fingerprint density at radius 1 is 1.29 bits per heavy atom. The van der Waals surface area contributed by atoms with Gasteiger partial charge in [0.25, 0.3) is 0 Å². The summed E-state index contributed by atoms with van der Waals surface area (Å²) in [6.07, 6.45) is 5.36. The Morgan fingerprint density at radius 3 is 2.86 bits per heavy atom. The summed E-state index contributed by atoms with van der Waals surface area (Å²) < 4.78 is 16.8. The minimum absolute atomic E-state index is 0.463. The molecule has 0 fully saturated rings. The third-order valence-corrected chi connectivity index (χ3v) is 2.99. The summed E-state index contributed by atoms with van der Waals surface area (Å²) in [6.45, 7) is 11.0. The fourth-order valence-electron chi connectivity index (χ4n) is 1.93. The number of ether oxygens (including phenoxy) is 2. The van der Waals surface area contributed by atoms with E-state index < -0.39 is 0 Å². The maximum absolute atomic E-state index is 5.75. The lowest BCUT2D eigenvalue weighted by Crippen LogP contribution is -1.98. The molecular formula is C18H20O3. The van der Waals surface area contributed by atoms with Crippen LogP contribution in [0.5, 0.6) is 5.75 Å². The fourth-order valence-corrected chi connectivity index (χ4v) is 1.93. The van der Waals surface area contributed by atoms with Crippen molar-refractivity contribution in [3.8, 4) is 5.75 Å². The van der Waals surface area contributed by atoms with Gasteiger partial charge in [0, 0.05) is 12.0 Å². The molecule has 0 aliphatic heterocycles. The predicted molar refractivity (Wildman–Crippen MR) is 85.5 cm³/mol. The van der Waals surface area contributed by atoms with Crippen molar-refractivity contribution in [2.45, 2.75) is 13.5 Å². The number of fused-ring (bicyclic) bond motifs is 1. The molecule has 110 valence electrons. The van der Waals surface area contributed by atoms with Crippen LogP contribution in [-0.4, -0.2) is 13.2 Å². The molecule has 1 aromatic heterocycles. The summed E-state index contributed by atoms with van der Waals surface area (Å²) in [5.74, 6) is 1.62. The van der Waals surface area contributed by atoms with Gasteiger partial charge in [0.05, 0.1) is 0 Å². The maximum Gasteiger partial charge on any atom is 0.134 e. The maximum atomic E-state index is 5.75. The van der Waals surface area contributed by atoms with Gasteiger partial charge in [0.1, 0.15) is 30.3 Å². The molecule has 0 amide bonds. The molecule has 21 heavy (non-hydrogen) atoms. The molecule has 3 nitrogen and oxygen atoms in total. The van der Waals surface area contributed by atoms with Crippen LogP contribution in [0.3, 0.4) is 0 Å². The Hall–Kier alpha value is -2.26. The average Bonchev–Trinajstić information content (AvgIpc) is 2.91. The quantitative estimate of drug-likeness (QED) is 0.661. The highest BCUT2D eigenvalue weighted by molar-refractivity contribution is 5.79. The Balaban J connectivity index is 2.09. The van der Waals surface area contributed by atoms with E-state index in [1.54, 1.807) is 12.2 Å². The van der Waals surface area contributed by atoms with Gasteiger partial charge in [-0.15, -0.1) is 0 Å². The van der Waals surface area contributed by atoms with Crippen LogP contribution >= 0.6 is 0 Å². The van der Waals surface area contributed by atoms with Crippen molar-refractivity contribution < 1.29 is 13.9 Å². The van der Waals surface area contributed by atoms with E-state index in [9.17, 15) is 0 Å². The molecule has 0 atom stereocenters. The normalized spacial score (nSPS) is 11.6. The van der Waals surface area contributed by atoms with E-state index >= 15 is 0 Å².